The minimum atomic E-state index is -0.967. The Kier molecular flexibility index (Phi) is 3.86. The van der Waals surface area contributed by atoms with Crippen LogP contribution in [0.3, 0.4) is 0 Å². The average Bonchev–Trinajstić information content (AvgIpc) is 2.82. The van der Waals surface area contributed by atoms with Gasteiger partial charge in [-0.2, -0.15) is 0 Å². The molecule has 0 unspecified atom stereocenters. The standard InChI is InChI=1S/C12H20N2O3/c15-11(9-3-1-2-4-9)14-7-5-10(6-8-14)13-12(16)17/h9-10,13H,1-8H2,(H,16,17). The zero-order valence-electron chi connectivity index (χ0n) is 10.0. The van der Waals surface area contributed by atoms with Gasteiger partial charge in [0.15, 0.2) is 0 Å². The zero-order valence-corrected chi connectivity index (χ0v) is 10.0. The summed E-state index contributed by atoms with van der Waals surface area (Å²) in [5, 5.41) is 11.1. The normalized spacial score (nSPS) is 22.7. The van der Waals surface area contributed by atoms with Crippen molar-refractivity contribution in [3.63, 3.8) is 0 Å². The summed E-state index contributed by atoms with van der Waals surface area (Å²) in [5.74, 6) is 0.523. The van der Waals surface area contributed by atoms with E-state index in [1.165, 1.54) is 12.8 Å². The fourth-order valence-corrected chi connectivity index (χ4v) is 2.85. The molecule has 0 bridgehead atoms. The second kappa shape index (κ2) is 5.38. The number of carbonyl (C=O) groups is 2. The maximum atomic E-state index is 12.1. The molecule has 0 spiro atoms. The van der Waals surface area contributed by atoms with Crippen LogP contribution in [0.4, 0.5) is 4.79 Å². The number of hydrogen-bond acceptors (Lipinski definition) is 2. The summed E-state index contributed by atoms with van der Waals surface area (Å²) < 4.78 is 0. The van der Waals surface area contributed by atoms with Gasteiger partial charge in [-0.3, -0.25) is 4.79 Å². The van der Waals surface area contributed by atoms with E-state index in [1.807, 2.05) is 4.90 Å². The predicted molar refractivity (Wildman–Crippen MR) is 62.7 cm³/mol. The molecule has 17 heavy (non-hydrogen) atoms. The van der Waals surface area contributed by atoms with Gasteiger partial charge in [0.1, 0.15) is 0 Å². The van der Waals surface area contributed by atoms with Gasteiger partial charge in [0.2, 0.25) is 5.91 Å². The van der Waals surface area contributed by atoms with E-state index < -0.39 is 6.09 Å². The number of likely N-dealkylation sites (tertiary alicyclic amines) is 1. The lowest BCUT2D eigenvalue weighted by Crippen LogP contribution is -2.47. The number of nitrogens with one attached hydrogen (secondary N) is 1. The van der Waals surface area contributed by atoms with Gasteiger partial charge in [-0.05, 0) is 25.7 Å². The van der Waals surface area contributed by atoms with Gasteiger partial charge in [0, 0.05) is 25.0 Å². The molecule has 1 saturated carbocycles. The van der Waals surface area contributed by atoms with Gasteiger partial charge < -0.3 is 15.3 Å². The van der Waals surface area contributed by atoms with Crippen LogP contribution in [0.1, 0.15) is 38.5 Å². The fourth-order valence-electron chi connectivity index (χ4n) is 2.85. The fraction of sp³-hybridized carbons (Fsp3) is 0.833. The second-order valence-electron chi connectivity index (χ2n) is 5.03. The van der Waals surface area contributed by atoms with Crippen LogP contribution in [0.5, 0.6) is 0 Å². The highest BCUT2D eigenvalue weighted by Gasteiger charge is 2.30. The highest BCUT2D eigenvalue weighted by atomic mass is 16.4. The number of carbonyl (C=O) groups excluding carboxylic acids is 1. The van der Waals surface area contributed by atoms with Crippen molar-refractivity contribution in [1.29, 1.82) is 0 Å². The van der Waals surface area contributed by atoms with Crippen LogP contribution in [0.25, 0.3) is 0 Å². The molecule has 1 aliphatic carbocycles. The minimum Gasteiger partial charge on any atom is -0.465 e. The van der Waals surface area contributed by atoms with E-state index in [9.17, 15) is 9.59 Å². The predicted octanol–water partition coefficient (Wildman–Crippen LogP) is 1.44. The Labute approximate surface area is 101 Å². The number of nitrogens with zero attached hydrogens (tertiary/aromatic N) is 1. The third kappa shape index (κ3) is 3.11. The average molecular weight is 240 g/mol. The first-order valence-corrected chi connectivity index (χ1v) is 6.45. The molecule has 0 radical (unpaired) electrons. The molecule has 2 rings (SSSR count). The topological polar surface area (TPSA) is 69.6 Å². The van der Waals surface area contributed by atoms with Crippen molar-refractivity contribution < 1.29 is 14.7 Å². The molecule has 5 nitrogen and oxygen atoms in total. The van der Waals surface area contributed by atoms with Crippen LogP contribution in [0, 0.1) is 5.92 Å². The van der Waals surface area contributed by atoms with Crippen LogP contribution in [0.15, 0.2) is 0 Å². The first kappa shape index (κ1) is 12.2. The summed E-state index contributed by atoms with van der Waals surface area (Å²) in [6.45, 7) is 1.39. The molecule has 2 fully saturated rings. The SMILES string of the molecule is O=C(O)NC1CCN(C(=O)C2CCCC2)CC1. The van der Waals surface area contributed by atoms with Gasteiger partial charge in [-0.15, -0.1) is 0 Å². The van der Waals surface area contributed by atoms with E-state index in [-0.39, 0.29) is 17.9 Å². The first-order chi connectivity index (χ1) is 8.16. The van der Waals surface area contributed by atoms with Crippen molar-refractivity contribution >= 4 is 12.0 Å². The van der Waals surface area contributed by atoms with Crippen molar-refractivity contribution in [3.8, 4) is 0 Å². The highest BCUT2D eigenvalue weighted by molar-refractivity contribution is 5.79. The van der Waals surface area contributed by atoms with E-state index in [0.717, 1.165) is 25.7 Å². The Morgan fingerprint density at radius 3 is 2.18 bits per heavy atom. The molecule has 2 N–H and O–H groups in total. The van der Waals surface area contributed by atoms with E-state index in [4.69, 9.17) is 5.11 Å². The van der Waals surface area contributed by atoms with E-state index in [1.54, 1.807) is 0 Å². The third-order valence-corrected chi connectivity index (χ3v) is 3.84. The summed E-state index contributed by atoms with van der Waals surface area (Å²) >= 11 is 0. The monoisotopic (exact) mass is 240 g/mol. The molecule has 2 amide bonds. The van der Waals surface area contributed by atoms with Crippen LogP contribution in [-0.2, 0) is 4.79 Å². The molecule has 0 atom stereocenters. The Morgan fingerprint density at radius 2 is 1.65 bits per heavy atom. The van der Waals surface area contributed by atoms with Crippen molar-refractivity contribution in [1.82, 2.24) is 10.2 Å². The molecule has 96 valence electrons. The smallest absolute Gasteiger partial charge is 0.404 e. The number of hydrogen-bond donors (Lipinski definition) is 2. The van der Waals surface area contributed by atoms with Gasteiger partial charge >= 0.3 is 6.09 Å². The summed E-state index contributed by atoms with van der Waals surface area (Å²) in [6.07, 6.45) is 4.93. The lowest BCUT2D eigenvalue weighted by atomic mass is 10.0. The zero-order chi connectivity index (χ0) is 12.3. The molecule has 1 aliphatic heterocycles. The molecular formula is C12H20N2O3. The summed E-state index contributed by atoms with van der Waals surface area (Å²) in [7, 11) is 0. The largest absolute Gasteiger partial charge is 0.465 e. The Morgan fingerprint density at radius 1 is 1.06 bits per heavy atom. The van der Waals surface area contributed by atoms with E-state index in [2.05, 4.69) is 5.32 Å². The number of piperidine rings is 1. The van der Waals surface area contributed by atoms with Crippen molar-refractivity contribution in [2.75, 3.05) is 13.1 Å². The van der Waals surface area contributed by atoms with E-state index >= 15 is 0 Å². The quantitative estimate of drug-likeness (QED) is 0.767. The van der Waals surface area contributed by atoms with E-state index in [0.29, 0.717) is 13.1 Å². The molecule has 2 aliphatic rings. The van der Waals surface area contributed by atoms with Crippen LogP contribution >= 0.6 is 0 Å². The molecule has 1 saturated heterocycles. The summed E-state index contributed by atoms with van der Waals surface area (Å²) in [6, 6.07) is 0.0140. The number of rotatable bonds is 2. The number of amides is 2. The van der Waals surface area contributed by atoms with Gasteiger partial charge in [0.05, 0.1) is 0 Å². The molecule has 5 heteroatoms. The molecular weight excluding hydrogens is 220 g/mol. The number of carboxylic acid groups (broad SMARTS) is 1. The highest BCUT2D eigenvalue weighted by Crippen LogP contribution is 2.27. The van der Waals surface area contributed by atoms with Crippen molar-refractivity contribution in [2.24, 2.45) is 5.92 Å². The second-order valence-corrected chi connectivity index (χ2v) is 5.03. The molecule has 0 aromatic carbocycles. The summed E-state index contributed by atoms with van der Waals surface area (Å²) in [4.78, 5) is 24.5. The van der Waals surface area contributed by atoms with Crippen LogP contribution < -0.4 is 5.32 Å². The molecule has 0 aromatic heterocycles. The van der Waals surface area contributed by atoms with Crippen molar-refractivity contribution in [3.05, 3.63) is 0 Å². The Bertz CT molecular complexity index is 292. The van der Waals surface area contributed by atoms with Crippen LogP contribution in [0.2, 0.25) is 0 Å². The first-order valence-electron chi connectivity index (χ1n) is 6.45. The maximum Gasteiger partial charge on any atom is 0.404 e. The van der Waals surface area contributed by atoms with Crippen LogP contribution in [-0.4, -0.2) is 41.1 Å². The Balaban J connectivity index is 1.78. The molecule has 0 aromatic rings. The minimum absolute atomic E-state index is 0.0140. The lowest BCUT2D eigenvalue weighted by molar-refractivity contribution is -0.136. The maximum absolute atomic E-state index is 12.1. The van der Waals surface area contributed by atoms with Gasteiger partial charge in [0.25, 0.3) is 0 Å². The van der Waals surface area contributed by atoms with Gasteiger partial charge in [-0.25, -0.2) is 4.79 Å². The Hall–Kier alpha value is -1.26. The molecule has 1 heterocycles. The summed E-state index contributed by atoms with van der Waals surface area (Å²) in [5.41, 5.74) is 0. The van der Waals surface area contributed by atoms with Crippen molar-refractivity contribution in [2.45, 2.75) is 44.6 Å². The third-order valence-electron chi connectivity index (χ3n) is 3.84. The van der Waals surface area contributed by atoms with Gasteiger partial charge in [-0.1, -0.05) is 12.8 Å². The lowest BCUT2D eigenvalue weighted by Gasteiger charge is -2.33.